The average Bonchev–Trinajstić information content (AvgIpc) is 2.22. The molecule has 2 unspecified atom stereocenters. The number of rotatable bonds is 8. The molecule has 0 bridgehead atoms. The summed E-state index contributed by atoms with van der Waals surface area (Å²) in [6.45, 7) is 7.84. The summed E-state index contributed by atoms with van der Waals surface area (Å²) in [5, 5.41) is 3.25. The highest BCUT2D eigenvalue weighted by Gasteiger charge is 2.22. The summed E-state index contributed by atoms with van der Waals surface area (Å²) in [5.74, 6) is -0.219. The minimum atomic E-state index is -0.354. The summed E-state index contributed by atoms with van der Waals surface area (Å²) in [7, 11) is 0. The van der Waals surface area contributed by atoms with E-state index in [-0.39, 0.29) is 36.1 Å². The van der Waals surface area contributed by atoms with E-state index in [4.69, 9.17) is 5.73 Å². The molecule has 4 nitrogen and oxygen atoms in total. The van der Waals surface area contributed by atoms with Gasteiger partial charge in [-0.2, -0.15) is 0 Å². The lowest BCUT2D eigenvalue weighted by molar-refractivity contribution is -0.124. The zero-order valence-electron chi connectivity index (χ0n) is 10.7. The first kappa shape index (κ1) is 15.1. The monoisotopic (exact) mass is 228 g/mol. The van der Waals surface area contributed by atoms with Crippen LogP contribution in [0, 0.1) is 5.92 Å². The molecule has 4 heteroatoms. The maximum Gasteiger partial charge on any atom is 0.217 e. The van der Waals surface area contributed by atoms with Crippen LogP contribution in [0.5, 0.6) is 0 Å². The Kier molecular flexibility index (Phi) is 6.97. The molecule has 2 atom stereocenters. The van der Waals surface area contributed by atoms with Crippen LogP contribution in [0.2, 0.25) is 0 Å². The van der Waals surface area contributed by atoms with E-state index in [0.29, 0.717) is 6.42 Å². The summed E-state index contributed by atoms with van der Waals surface area (Å²) in [6.07, 6.45) is 1.71. The van der Waals surface area contributed by atoms with Crippen molar-refractivity contribution in [3.8, 4) is 0 Å². The molecular weight excluding hydrogens is 204 g/mol. The molecule has 0 aliphatic heterocycles. The number of carbonyl (C=O) groups excluding carboxylic acids is 2. The second-order valence-electron chi connectivity index (χ2n) is 4.59. The summed E-state index contributed by atoms with van der Waals surface area (Å²) in [6, 6.07) is 0.0306. The molecule has 0 aliphatic carbocycles. The van der Waals surface area contributed by atoms with Crippen LogP contribution < -0.4 is 11.1 Å². The molecule has 3 N–H and O–H groups in total. The minimum absolute atomic E-state index is 0.0190. The van der Waals surface area contributed by atoms with Crippen molar-refractivity contribution in [2.24, 2.45) is 11.7 Å². The number of hydrogen-bond donors (Lipinski definition) is 2. The zero-order chi connectivity index (χ0) is 12.7. The molecule has 0 spiro atoms. The highest BCUT2D eigenvalue weighted by molar-refractivity contribution is 5.86. The van der Waals surface area contributed by atoms with Crippen LogP contribution >= 0.6 is 0 Å². The Bertz CT molecular complexity index is 239. The maximum absolute atomic E-state index is 11.9. The van der Waals surface area contributed by atoms with Crippen LogP contribution in [0.3, 0.4) is 0 Å². The molecule has 1 amide bonds. The van der Waals surface area contributed by atoms with Gasteiger partial charge in [0.05, 0.1) is 6.04 Å². The van der Waals surface area contributed by atoms with Gasteiger partial charge in [-0.25, -0.2) is 0 Å². The van der Waals surface area contributed by atoms with Crippen molar-refractivity contribution >= 4 is 11.7 Å². The van der Waals surface area contributed by atoms with E-state index in [0.717, 1.165) is 6.42 Å². The molecular formula is C12H24N2O2. The number of nitrogens with one attached hydrogen (secondary N) is 1. The molecule has 0 saturated carbocycles. The van der Waals surface area contributed by atoms with E-state index in [1.165, 1.54) is 0 Å². The van der Waals surface area contributed by atoms with Gasteiger partial charge in [-0.1, -0.05) is 20.8 Å². The quantitative estimate of drug-likeness (QED) is 0.656. The van der Waals surface area contributed by atoms with Crippen LogP contribution in [0.1, 0.15) is 47.0 Å². The lowest BCUT2D eigenvalue weighted by Crippen LogP contribution is -2.44. The SMILES string of the molecule is CCC(C)NC(CCC(N)=O)C(=O)C(C)C. The zero-order valence-corrected chi connectivity index (χ0v) is 10.7. The second kappa shape index (κ2) is 7.39. The predicted molar refractivity (Wildman–Crippen MR) is 65.0 cm³/mol. The van der Waals surface area contributed by atoms with Gasteiger partial charge in [0.1, 0.15) is 0 Å². The lowest BCUT2D eigenvalue weighted by Gasteiger charge is -2.22. The number of hydrogen-bond acceptors (Lipinski definition) is 3. The highest BCUT2D eigenvalue weighted by atomic mass is 16.1. The third kappa shape index (κ3) is 5.85. The van der Waals surface area contributed by atoms with Gasteiger partial charge in [0.25, 0.3) is 0 Å². The van der Waals surface area contributed by atoms with E-state index < -0.39 is 0 Å². The molecule has 0 rings (SSSR count). The lowest BCUT2D eigenvalue weighted by atomic mass is 9.97. The fourth-order valence-electron chi connectivity index (χ4n) is 1.46. The minimum Gasteiger partial charge on any atom is -0.370 e. The van der Waals surface area contributed by atoms with Gasteiger partial charge < -0.3 is 11.1 Å². The van der Waals surface area contributed by atoms with E-state index in [1.54, 1.807) is 0 Å². The van der Waals surface area contributed by atoms with Gasteiger partial charge in [0.2, 0.25) is 5.91 Å². The number of primary amides is 1. The Hall–Kier alpha value is -0.900. The normalized spacial score (nSPS) is 14.8. The topological polar surface area (TPSA) is 72.2 Å². The second-order valence-corrected chi connectivity index (χ2v) is 4.59. The number of ketones is 1. The third-order valence-corrected chi connectivity index (χ3v) is 2.69. The first-order chi connectivity index (χ1) is 7.38. The van der Waals surface area contributed by atoms with Gasteiger partial charge in [0.15, 0.2) is 5.78 Å². The van der Waals surface area contributed by atoms with E-state index in [2.05, 4.69) is 12.2 Å². The standard InChI is InChI=1S/C12H24N2O2/c1-5-9(4)14-10(6-7-11(13)15)12(16)8(2)3/h8-10,14H,5-7H2,1-4H3,(H2,13,15). The number of amides is 1. The molecule has 0 fully saturated rings. The Balaban J connectivity index is 4.37. The molecule has 0 aliphatic rings. The third-order valence-electron chi connectivity index (χ3n) is 2.69. The van der Waals surface area contributed by atoms with Gasteiger partial charge in [0, 0.05) is 18.4 Å². The molecule has 0 aromatic carbocycles. The van der Waals surface area contributed by atoms with Crippen molar-refractivity contribution < 1.29 is 9.59 Å². The fourth-order valence-corrected chi connectivity index (χ4v) is 1.46. The maximum atomic E-state index is 11.9. The molecule has 0 heterocycles. The number of Topliss-reactive ketones (excluding diaryl/α,β-unsaturated/α-hetero) is 1. The van der Waals surface area contributed by atoms with Crippen molar-refractivity contribution in [1.82, 2.24) is 5.32 Å². The van der Waals surface area contributed by atoms with Crippen LogP contribution in [0.4, 0.5) is 0 Å². The van der Waals surface area contributed by atoms with Crippen molar-refractivity contribution in [3.05, 3.63) is 0 Å². The molecule has 0 radical (unpaired) electrons. The predicted octanol–water partition coefficient (Wildman–Crippen LogP) is 1.23. The average molecular weight is 228 g/mol. The highest BCUT2D eigenvalue weighted by Crippen LogP contribution is 2.07. The molecule has 0 aromatic rings. The van der Waals surface area contributed by atoms with Crippen molar-refractivity contribution in [1.29, 1.82) is 0 Å². The van der Waals surface area contributed by atoms with E-state index >= 15 is 0 Å². The Morgan fingerprint density at radius 1 is 1.25 bits per heavy atom. The fraction of sp³-hybridized carbons (Fsp3) is 0.833. The van der Waals surface area contributed by atoms with Crippen molar-refractivity contribution in [3.63, 3.8) is 0 Å². The van der Waals surface area contributed by atoms with Crippen LogP contribution in [0.25, 0.3) is 0 Å². The van der Waals surface area contributed by atoms with Crippen LogP contribution in [0.15, 0.2) is 0 Å². The molecule has 0 saturated heterocycles. The number of nitrogens with two attached hydrogens (primary N) is 1. The summed E-state index contributed by atoms with van der Waals surface area (Å²) >= 11 is 0. The molecule has 94 valence electrons. The van der Waals surface area contributed by atoms with Crippen LogP contribution in [-0.4, -0.2) is 23.8 Å². The Morgan fingerprint density at radius 3 is 2.19 bits per heavy atom. The summed E-state index contributed by atoms with van der Waals surface area (Å²) in [5.41, 5.74) is 5.10. The van der Waals surface area contributed by atoms with Crippen LogP contribution in [-0.2, 0) is 9.59 Å². The van der Waals surface area contributed by atoms with Gasteiger partial charge >= 0.3 is 0 Å². The molecule has 16 heavy (non-hydrogen) atoms. The number of carbonyl (C=O) groups is 2. The molecule has 0 aromatic heterocycles. The largest absolute Gasteiger partial charge is 0.370 e. The smallest absolute Gasteiger partial charge is 0.217 e. The van der Waals surface area contributed by atoms with Crippen molar-refractivity contribution in [2.45, 2.75) is 59.0 Å². The Labute approximate surface area is 98.0 Å². The Morgan fingerprint density at radius 2 is 1.81 bits per heavy atom. The van der Waals surface area contributed by atoms with Gasteiger partial charge in [-0.3, -0.25) is 9.59 Å². The van der Waals surface area contributed by atoms with Crippen molar-refractivity contribution in [2.75, 3.05) is 0 Å². The van der Waals surface area contributed by atoms with E-state index in [9.17, 15) is 9.59 Å². The summed E-state index contributed by atoms with van der Waals surface area (Å²) in [4.78, 5) is 22.6. The summed E-state index contributed by atoms with van der Waals surface area (Å²) < 4.78 is 0. The van der Waals surface area contributed by atoms with Gasteiger partial charge in [-0.05, 0) is 19.8 Å². The van der Waals surface area contributed by atoms with E-state index in [1.807, 2.05) is 20.8 Å². The van der Waals surface area contributed by atoms with Gasteiger partial charge in [-0.15, -0.1) is 0 Å². The first-order valence-electron chi connectivity index (χ1n) is 5.96. The first-order valence-corrected chi connectivity index (χ1v) is 5.96.